The molecule has 0 saturated carbocycles. The van der Waals surface area contributed by atoms with Gasteiger partial charge in [0.05, 0.1) is 5.56 Å². The average Bonchev–Trinajstić information content (AvgIpc) is 2.34. The van der Waals surface area contributed by atoms with E-state index < -0.39 is 0 Å². The number of hydrogen-bond acceptors (Lipinski definition) is 2. The van der Waals surface area contributed by atoms with Crippen LogP contribution in [0.2, 0.25) is 0 Å². The Balaban J connectivity index is 2.10. The van der Waals surface area contributed by atoms with Crippen LogP contribution in [0.1, 0.15) is 29.3 Å². The van der Waals surface area contributed by atoms with Crippen LogP contribution in [0.4, 0.5) is 4.39 Å². The number of halogens is 1. The molecule has 1 aliphatic heterocycles. The van der Waals surface area contributed by atoms with Crippen LogP contribution in [-0.4, -0.2) is 42.9 Å². The fraction of sp³-hybridized carbons (Fsp3) is 0.533. The lowest BCUT2D eigenvalue weighted by Gasteiger charge is -2.39. The molecule has 0 bridgehead atoms. The molecule has 1 heterocycles. The van der Waals surface area contributed by atoms with Gasteiger partial charge in [-0.2, -0.15) is 0 Å². The smallest absolute Gasteiger partial charge is 0.256 e. The van der Waals surface area contributed by atoms with Gasteiger partial charge in [-0.1, -0.05) is 25.5 Å². The van der Waals surface area contributed by atoms with Gasteiger partial charge in [-0.15, -0.1) is 0 Å². The highest BCUT2D eigenvalue weighted by Crippen LogP contribution is 2.23. The standard InChI is InChI=1S/C15H21FN2O/c1-4-11-8-18(9-11)10-12-6-5-7-13(14(12)16)15(19)17(2)3/h5-7,11H,4,8-10H2,1-3H3. The van der Waals surface area contributed by atoms with Gasteiger partial charge < -0.3 is 4.90 Å². The van der Waals surface area contributed by atoms with Crippen molar-refractivity contribution in [1.29, 1.82) is 0 Å². The Morgan fingerprint density at radius 2 is 2.11 bits per heavy atom. The summed E-state index contributed by atoms with van der Waals surface area (Å²) in [5, 5.41) is 0. The Morgan fingerprint density at radius 1 is 1.42 bits per heavy atom. The molecule has 3 nitrogen and oxygen atoms in total. The van der Waals surface area contributed by atoms with Gasteiger partial charge in [-0.05, 0) is 12.0 Å². The zero-order valence-electron chi connectivity index (χ0n) is 11.8. The number of benzene rings is 1. The van der Waals surface area contributed by atoms with E-state index in [1.54, 1.807) is 32.3 Å². The number of hydrogen-bond donors (Lipinski definition) is 0. The lowest BCUT2D eigenvalue weighted by Crippen LogP contribution is -2.45. The molecule has 1 fully saturated rings. The van der Waals surface area contributed by atoms with Crippen LogP contribution in [0.5, 0.6) is 0 Å². The summed E-state index contributed by atoms with van der Waals surface area (Å²) in [5.74, 6) is 0.0881. The lowest BCUT2D eigenvalue weighted by atomic mass is 9.96. The minimum atomic E-state index is -0.374. The Kier molecular flexibility index (Phi) is 4.20. The second kappa shape index (κ2) is 5.70. The summed E-state index contributed by atoms with van der Waals surface area (Å²) >= 11 is 0. The summed E-state index contributed by atoms with van der Waals surface area (Å²) in [6.07, 6.45) is 1.18. The van der Waals surface area contributed by atoms with Crippen LogP contribution in [0.25, 0.3) is 0 Å². The molecule has 1 aromatic rings. The summed E-state index contributed by atoms with van der Waals surface area (Å²) in [4.78, 5) is 15.5. The van der Waals surface area contributed by atoms with Gasteiger partial charge in [0.15, 0.2) is 0 Å². The third-order valence-electron chi connectivity index (χ3n) is 3.72. The van der Waals surface area contributed by atoms with Gasteiger partial charge in [0.1, 0.15) is 5.82 Å². The summed E-state index contributed by atoms with van der Waals surface area (Å²) in [5.41, 5.74) is 0.775. The van der Waals surface area contributed by atoms with Crippen molar-refractivity contribution in [2.75, 3.05) is 27.2 Å². The zero-order valence-corrected chi connectivity index (χ0v) is 11.8. The number of amides is 1. The van der Waals surface area contributed by atoms with E-state index in [0.29, 0.717) is 12.1 Å². The maximum Gasteiger partial charge on any atom is 0.256 e. The normalized spacial score (nSPS) is 16.2. The van der Waals surface area contributed by atoms with E-state index in [2.05, 4.69) is 11.8 Å². The van der Waals surface area contributed by atoms with Crippen molar-refractivity contribution in [1.82, 2.24) is 9.80 Å². The second-order valence-corrected chi connectivity index (χ2v) is 5.45. The quantitative estimate of drug-likeness (QED) is 0.833. The topological polar surface area (TPSA) is 23.6 Å². The molecular weight excluding hydrogens is 243 g/mol. The molecule has 4 heteroatoms. The van der Waals surface area contributed by atoms with Gasteiger partial charge in [0.25, 0.3) is 5.91 Å². The van der Waals surface area contributed by atoms with E-state index in [9.17, 15) is 9.18 Å². The molecule has 0 N–H and O–H groups in total. The highest BCUT2D eigenvalue weighted by molar-refractivity contribution is 5.94. The van der Waals surface area contributed by atoms with Crippen molar-refractivity contribution in [2.45, 2.75) is 19.9 Å². The van der Waals surface area contributed by atoms with E-state index in [1.807, 2.05) is 0 Å². The first-order chi connectivity index (χ1) is 9.02. The number of rotatable bonds is 4. The first-order valence-electron chi connectivity index (χ1n) is 6.74. The van der Waals surface area contributed by atoms with Gasteiger partial charge in [-0.3, -0.25) is 9.69 Å². The third-order valence-corrected chi connectivity index (χ3v) is 3.72. The van der Waals surface area contributed by atoms with Crippen LogP contribution in [-0.2, 0) is 6.54 Å². The molecule has 0 unspecified atom stereocenters. The lowest BCUT2D eigenvalue weighted by molar-refractivity contribution is 0.0816. The molecule has 19 heavy (non-hydrogen) atoms. The average molecular weight is 264 g/mol. The van der Waals surface area contributed by atoms with Crippen LogP contribution in [0, 0.1) is 11.7 Å². The minimum absolute atomic E-state index is 0.162. The molecule has 1 amide bonds. The minimum Gasteiger partial charge on any atom is -0.345 e. The molecule has 1 saturated heterocycles. The van der Waals surface area contributed by atoms with Gasteiger partial charge in [0, 0.05) is 39.3 Å². The van der Waals surface area contributed by atoms with Crippen molar-refractivity contribution in [3.05, 3.63) is 35.1 Å². The summed E-state index contributed by atoms with van der Waals surface area (Å²) in [7, 11) is 3.27. The third kappa shape index (κ3) is 2.95. The largest absolute Gasteiger partial charge is 0.345 e. The SMILES string of the molecule is CCC1CN(Cc2cccc(C(=O)N(C)C)c2F)C1. The van der Waals surface area contributed by atoms with Crippen molar-refractivity contribution in [2.24, 2.45) is 5.92 Å². The second-order valence-electron chi connectivity index (χ2n) is 5.45. The molecule has 0 atom stereocenters. The summed E-state index contributed by atoms with van der Waals surface area (Å²) < 4.78 is 14.3. The highest BCUT2D eigenvalue weighted by Gasteiger charge is 2.26. The van der Waals surface area contributed by atoms with Gasteiger partial charge >= 0.3 is 0 Å². The fourth-order valence-corrected chi connectivity index (χ4v) is 2.41. The molecule has 0 aliphatic carbocycles. The Morgan fingerprint density at radius 3 is 2.68 bits per heavy atom. The molecule has 1 aliphatic rings. The highest BCUT2D eigenvalue weighted by atomic mass is 19.1. The maximum absolute atomic E-state index is 14.3. The van der Waals surface area contributed by atoms with Gasteiger partial charge in [0.2, 0.25) is 0 Å². The molecule has 0 aromatic heterocycles. The van der Waals surface area contributed by atoms with E-state index >= 15 is 0 Å². The Hall–Kier alpha value is -1.42. The first kappa shape index (κ1) is 14.0. The Bertz CT molecular complexity index is 467. The monoisotopic (exact) mass is 264 g/mol. The van der Waals surface area contributed by atoms with E-state index in [4.69, 9.17) is 0 Å². The maximum atomic E-state index is 14.3. The van der Waals surface area contributed by atoms with Crippen molar-refractivity contribution in [3.8, 4) is 0 Å². The van der Waals surface area contributed by atoms with E-state index in [-0.39, 0.29) is 17.3 Å². The number of likely N-dealkylation sites (tertiary alicyclic amines) is 1. The summed E-state index contributed by atoms with van der Waals surface area (Å²) in [6, 6.07) is 5.07. The fourth-order valence-electron chi connectivity index (χ4n) is 2.41. The molecule has 2 rings (SSSR count). The van der Waals surface area contributed by atoms with Crippen LogP contribution in [0.15, 0.2) is 18.2 Å². The molecular formula is C15H21FN2O. The first-order valence-corrected chi connectivity index (χ1v) is 6.74. The summed E-state index contributed by atoms with van der Waals surface area (Å²) in [6.45, 7) is 4.83. The van der Waals surface area contributed by atoms with Crippen LogP contribution < -0.4 is 0 Å². The number of carbonyl (C=O) groups is 1. The van der Waals surface area contributed by atoms with Crippen LogP contribution in [0.3, 0.4) is 0 Å². The molecule has 0 radical (unpaired) electrons. The van der Waals surface area contributed by atoms with E-state index in [1.165, 1.54) is 11.3 Å². The number of nitrogens with zero attached hydrogens (tertiary/aromatic N) is 2. The Labute approximate surface area is 114 Å². The van der Waals surface area contributed by atoms with Crippen molar-refractivity contribution in [3.63, 3.8) is 0 Å². The van der Waals surface area contributed by atoms with Crippen LogP contribution >= 0.6 is 0 Å². The van der Waals surface area contributed by atoms with E-state index in [0.717, 1.165) is 19.0 Å². The number of carbonyl (C=O) groups excluding carboxylic acids is 1. The van der Waals surface area contributed by atoms with Crippen molar-refractivity contribution >= 4 is 5.91 Å². The predicted octanol–water partition coefficient (Wildman–Crippen LogP) is 2.37. The van der Waals surface area contributed by atoms with Crippen molar-refractivity contribution < 1.29 is 9.18 Å². The zero-order chi connectivity index (χ0) is 14.0. The van der Waals surface area contributed by atoms with Gasteiger partial charge in [-0.25, -0.2) is 4.39 Å². The molecule has 1 aromatic carbocycles. The molecule has 0 spiro atoms. The predicted molar refractivity (Wildman–Crippen MR) is 73.5 cm³/mol. The molecule has 104 valence electrons.